The van der Waals surface area contributed by atoms with Crippen LogP contribution in [0.1, 0.15) is 31.1 Å². The van der Waals surface area contributed by atoms with E-state index in [2.05, 4.69) is 19.2 Å². The SMILES string of the molecule is CCNC(=O)c1ccc(OCCOCC(C)C)c(N)c1. The molecule has 0 aliphatic rings. The van der Waals surface area contributed by atoms with E-state index in [1.54, 1.807) is 18.2 Å². The fourth-order valence-corrected chi connectivity index (χ4v) is 1.61. The van der Waals surface area contributed by atoms with E-state index in [9.17, 15) is 4.79 Å². The van der Waals surface area contributed by atoms with Crippen molar-refractivity contribution in [1.82, 2.24) is 5.32 Å². The molecule has 5 heteroatoms. The molecule has 0 bridgehead atoms. The van der Waals surface area contributed by atoms with Crippen LogP contribution in [0.2, 0.25) is 0 Å². The maximum absolute atomic E-state index is 11.6. The molecule has 0 unspecified atom stereocenters. The zero-order valence-corrected chi connectivity index (χ0v) is 12.4. The average Bonchev–Trinajstić information content (AvgIpc) is 2.39. The number of anilines is 1. The average molecular weight is 280 g/mol. The second kappa shape index (κ2) is 8.43. The molecule has 1 rings (SSSR count). The van der Waals surface area contributed by atoms with E-state index in [-0.39, 0.29) is 5.91 Å². The summed E-state index contributed by atoms with van der Waals surface area (Å²) in [6.45, 7) is 8.33. The number of carbonyl (C=O) groups is 1. The normalized spacial score (nSPS) is 10.6. The second-order valence-electron chi connectivity index (χ2n) is 4.93. The van der Waals surface area contributed by atoms with Crippen molar-refractivity contribution < 1.29 is 14.3 Å². The molecule has 0 heterocycles. The van der Waals surface area contributed by atoms with Gasteiger partial charge in [0.15, 0.2) is 0 Å². The first-order chi connectivity index (χ1) is 9.54. The Kier molecular flexibility index (Phi) is 6.87. The van der Waals surface area contributed by atoms with Crippen molar-refractivity contribution >= 4 is 11.6 Å². The van der Waals surface area contributed by atoms with E-state index in [0.29, 0.717) is 42.7 Å². The van der Waals surface area contributed by atoms with Gasteiger partial charge in [-0.2, -0.15) is 0 Å². The summed E-state index contributed by atoms with van der Waals surface area (Å²) < 4.78 is 11.0. The van der Waals surface area contributed by atoms with Crippen LogP contribution in [-0.4, -0.2) is 32.3 Å². The summed E-state index contributed by atoms with van der Waals surface area (Å²) in [6.07, 6.45) is 0. The predicted octanol–water partition coefficient (Wildman–Crippen LogP) is 2.07. The lowest BCUT2D eigenvalue weighted by Gasteiger charge is -2.11. The Hall–Kier alpha value is -1.75. The van der Waals surface area contributed by atoms with Gasteiger partial charge >= 0.3 is 0 Å². The molecule has 0 atom stereocenters. The van der Waals surface area contributed by atoms with Crippen molar-refractivity contribution in [1.29, 1.82) is 0 Å². The molecule has 0 radical (unpaired) electrons. The predicted molar refractivity (Wildman–Crippen MR) is 80.0 cm³/mol. The Morgan fingerprint density at radius 3 is 2.70 bits per heavy atom. The Bertz CT molecular complexity index is 433. The van der Waals surface area contributed by atoms with E-state index in [1.165, 1.54) is 0 Å². The second-order valence-corrected chi connectivity index (χ2v) is 4.93. The summed E-state index contributed by atoms with van der Waals surface area (Å²) in [6, 6.07) is 5.03. The van der Waals surface area contributed by atoms with E-state index in [0.717, 1.165) is 6.61 Å². The maximum Gasteiger partial charge on any atom is 0.251 e. The van der Waals surface area contributed by atoms with Gasteiger partial charge in [-0.05, 0) is 31.0 Å². The topological polar surface area (TPSA) is 73.6 Å². The Morgan fingerprint density at radius 2 is 2.10 bits per heavy atom. The smallest absolute Gasteiger partial charge is 0.251 e. The minimum absolute atomic E-state index is 0.133. The van der Waals surface area contributed by atoms with Gasteiger partial charge in [-0.25, -0.2) is 0 Å². The number of ether oxygens (including phenoxy) is 2. The van der Waals surface area contributed by atoms with Gasteiger partial charge < -0.3 is 20.5 Å². The summed E-state index contributed by atoms with van der Waals surface area (Å²) in [5.74, 6) is 0.952. The molecule has 0 aromatic heterocycles. The first-order valence-electron chi connectivity index (χ1n) is 6.92. The molecule has 0 aliphatic carbocycles. The zero-order valence-electron chi connectivity index (χ0n) is 12.4. The zero-order chi connectivity index (χ0) is 15.0. The monoisotopic (exact) mass is 280 g/mol. The lowest BCUT2D eigenvalue weighted by atomic mass is 10.2. The summed E-state index contributed by atoms with van der Waals surface area (Å²) in [4.78, 5) is 11.6. The van der Waals surface area contributed by atoms with Crippen molar-refractivity contribution in [3.63, 3.8) is 0 Å². The molecule has 112 valence electrons. The first-order valence-corrected chi connectivity index (χ1v) is 6.92. The van der Waals surface area contributed by atoms with Gasteiger partial charge in [-0.15, -0.1) is 0 Å². The van der Waals surface area contributed by atoms with Crippen molar-refractivity contribution in [2.75, 3.05) is 32.1 Å². The molecule has 1 aromatic carbocycles. The Labute approximate surface area is 120 Å². The highest BCUT2D eigenvalue weighted by Crippen LogP contribution is 2.22. The third kappa shape index (κ3) is 5.48. The molecule has 5 nitrogen and oxygen atoms in total. The quantitative estimate of drug-likeness (QED) is 0.565. The number of nitrogens with one attached hydrogen (secondary N) is 1. The van der Waals surface area contributed by atoms with Gasteiger partial charge in [0.05, 0.1) is 12.3 Å². The van der Waals surface area contributed by atoms with Crippen LogP contribution in [0.4, 0.5) is 5.69 Å². The maximum atomic E-state index is 11.6. The van der Waals surface area contributed by atoms with E-state index < -0.39 is 0 Å². The van der Waals surface area contributed by atoms with Crippen LogP contribution in [0.15, 0.2) is 18.2 Å². The standard InChI is InChI=1S/C15H24N2O3/c1-4-17-15(18)12-5-6-14(13(16)9-12)20-8-7-19-10-11(2)3/h5-6,9,11H,4,7-8,10,16H2,1-3H3,(H,17,18). The summed E-state index contributed by atoms with van der Waals surface area (Å²) >= 11 is 0. The third-order valence-corrected chi connectivity index (χ3v) is 2.55. The van der Waals surface area contributed by atoms with Crippen LogP contribution in [0.25, 0.3) is 0 Å². The number of nitrogens with two attached hydrogens (primary N) is 1. The molecule has 0 spiro atoms. The van der Waals surface area contributed by atoms with Crippen molar-refractivity contribution in [2.45, 2.75) is 20.8 Å². The molecular weight excluding hydrogens is 256 g/mol. The number of rotatable bonds is 8. The molecule has 0 saturated carbocycles. The van der Waals surface area contributed by atoms with Crippen LogP contribution in [0.5, 0.6) is 5.75 Å². The lowest BCUT2D eigenvalue weighted by molar-refractivity contribution is 0.0821. The molecule has 3 N–H and O–H groups in total. The molecule has 1 amide bonds. The third-order valence-electron chi connectivity index (χ3n) is 2.55. The van der Waals surface area contributed by atoms with Crippen LogP contribution < -0.4 is 15.8 Å². The summed E-state index contributed by atoms with van der Waals surface area (Å²) in [5.41, 5.74) is 6.86. The van der Waals surface area contributed by atoms with Gasteiger partial charge in [0.2, 0.25) is 0 Å². The van der Waals surface area contributed by atoms with Gasteiger partial charge in [0.1, 0.15) is 12.4 Å². The number of hydrogen-bond acceptors (Lipinski definition) is 4. The lowest BCUT2D eigenvalue weighted by Crippen LogP contribution is -2.22. The van der Waals surface area contributed by atoms with Gasteiger partial charge in [0.25, 0.3) is 5.91 Å². The Morgan fingerprint density at radius 1 is 1.35 bits per heavy atom. The van der Waals surface area contributed by atoms with E-state index in [4.69, 9.17) is 15.2 Å². The van der Waals surface area contributed by atoms with Crippen molar-refractivity contribution in [3.8, 4) is 5.75 Å². The minimum atomic E-state index is -0.133. The highest BCUT2D eigenvalue weighted by atomic mass is 16.5. The fraction of sp³-hybridized carbons (Fsp3) is 0.533. The number of benzene rings is 1. The Balaban J connectivity index is 2.45. The van der Waals surface area contributed by atoms with Crippen LogP contribution >= 0.6 is 0 Å². The largest absolute Gasteiger partial charge is 0.489 e. The van der Waals surface area contributed by atoms with Crippen molar-refractivity contribution in [3.05, 3.63) is 23.8 Å². The first kappa shape index (κ1) is 16.3. The minimum Gasteiger partial charge on any atom is -0.489 e. The number of hydrogen-bond donors (Lipinski definition) is 2. The number of amides is 1. The molecule has 0 aliphatic heterocycles. The molecule has 0 saturated heterocycles. The highest BCUT2D eigenvalue weighted by molar-refractivity contribution is 5.95. The summed E-state index contributed by atoms with van der Waals surface area (Å²) in [7, 11) is 0. The summed E-state index contributed by atoms with van der Waals surface area (Å²) in [5, 5.41) is 2.72. The van der Waals surface area contributed by atoms with E-state index in [1.807, 2.05) is 6.92 Å². The van der Waals surface area contributed by atoms with Gasteiger partial charge in [-0.3, -0.25) is 4.79 Å². The number of nitrogen functional groups attached to an aromatic ring is 1. The van der Waals surface area contributed by atoms with Crippen LogP contribution in [0.3, 0.4) is 0 Å². The molecule has 0 fully saturated rings. The molecular formula is C15H24N2O3. The van der Waals surface area contributed by atoms with Crippen LogP contribution in [0, 0.1) is 5.92 Å². The van der Waals surface area contributed by atoms with Crippen LogP contribution in [-0.2, 0) is 4.74 Å². The van der Waals surface area contributed by atoms with E-state index >= 15 is 0 Å². The molecule has 20 heavy (non-hydrogen) atoms. The van der Waals surface area contributed by atoms with Crippen molar-refractivity contribution in [2.24, 2.45) is 5.92 Å². The fourth-order valence-electron chi connectivity index (χ4n) is 1.61. The number of carbonyl (C=O) groups excluding carboxylic acids is 1. The molecule has 1 aromatic rings. The highest BCUT2D eigenvalue weighted by Gasteiger charge is 2.07. The van der Waals surface area contributed by atoms with Gasteiger partial charge in [0, 0.05) is 18.7 Å². The van der Waals surface area contributed by atoms with Gasteiger partial charge in [-0.1, -0.05) is 13.8 Å².